The van der Waals surface area contributed by atoms with Crippen molar-refractivity contribution in [1.29, 1.82) is 0 Å². The summed E-state index contributed by atoms with van der Waals surface area (Å²) in [5.74, 6) is -1.16. The van der Waals surface area contributed by atoms with Gasteiger partial charge in [-0.25, -0.2) is 4.79 Å². The number of carbonyl (C=O) groups excluding carboxylic acids is 1. The number of morpholine rings is 1. The lowest BCUT2D eigenvalue weighted by Crippen LogP contribution is -2.44. The normalized spacial score (nSPS) is 22.2. The van der Waals surface area contributed by atoms with Gasteiger partial charge in [0.15, 0.2) is 0 Å². The molecule has 0 bridgehead atoms. The van der Waals surface area contributed by atoms with Crippen molar-refractivity contribution in [3.63, 3.8) is 0 Å². The third-order valence-electron chi connectivity index (χ3n) is 4.43. The summed E-state index contributed by atoms with van der Waals surface area (Å²) in [6.45, 7) is 10.6. The second-order valence-corrected chi connectivity index (χ2v) is 7.64. The zero-order valence-corrected chi connectivity index (χ0v) is 16.1. The van der Waals surface area contributed by atoms with Gasteiger partial charge >= 0.3 is 5.97 Å². The Labute approximate surface area is 155 Å². The molecule has 2 N–H and O–H groups in total. The summed E-state index contributed by atoms with van der Waals surface area (Å²) in [4.78, 5) is 26.0. The van der Waals surface area contributed by atoms with Crippen LogP contribution in [-0.2, 0) is 16.1 Å². The number of carbonyl (C=O) groups is 2. The van der Waals surface area contributed by atoms with Gasteiger partial charge in [-0.2, -0.15) is 0 Å². The van der Waals surface area contributed by atoms with Crippen molar-refractivity contribution in [2.24, 2.45) is 5.92 Å². The average molecular weight is 362 g/mol. The highest BCUT2D eigenvalue weighted by atomic mass is 16.5. The van der Waals surface area contributed by atoms with Crippen molar-refractivity contribution in [3.05, 3.63) is 35.4 Å². The lowest BCUT2D eigenvalue weighted by Gasteiger charge is -2.35. The summed E-state index contributed by atoms with van der Waals surface area (Å²) in [5, 5.41) is 11.9. The molecule has 0 unspecified atom stereocenters. The number of hydrogen-bond acceptors (Lipinski definition) is 4. The number of nitrogens with zero attached hydrogens (tertiary/aromatic N) is 1. The van der Waals surface area contributed by atoms with Gasteiger partial charge in [0.1, 0.15) is 6.04 Å². The molecule has 0 aromatic heterocycles. The molecule has 1 aliphatic rings. The van der Waals surface area contributed by atoms with Crippen LogP contribution < -0.4 is 5.32 Å². The number of rotatable bonds is 7. The van der Waals surface area contributed by atoms with Gasteiger partial charge < -0.3 is 15.2 Å². The Kier molecular flexibility index (Phi) is 7.17. The van der Waals surface area contributed by atoms with Crippen molar-refractivity contribution < 1.29 is 19.4 Å². The van der Waals surface area contributed by atoms with Crippen molar-refractivity contribution in [2.45, 2.75) is 58.9 Å². The van der Waals surface area contributed by atoms with Crippen LogP contribution in [0.5, 0.6) is 0 Å². The molecule has 3 atom stereocenters. The second-order valence-electron chi connectivity index (χ2n) is 7.64. The summed E-state index contributed by atoms with van der Waals surface area (Å²) in [6.07, 6.45) is 0.849. The molecule has 144 valence electrons. The minimum absolute atomic E-state index is 0.192. The molecule has 0 spiro atoms. The van der Waals surface area contributed by atoms with Gasteiger partial charge in [0.25, 0.3) is 5.91 Å². The topological polar surface area (TPSA) is 78.9 Å². The second kappa shape index (κ2) is 9.14. The maximum Gasteiger partial charge on any atom is 0.326 e. The van der Waals surface area contributed by atoms with Crippen LogP contribution in [0.3, 0.4) is 0 Å². The van der Waals surface area contributed by atoms with Gasteiger partial charge in [-0.05, 0) is 43.9 Å². The molecule has 1 amide bonds. The van der Waals surface area contributed by atoms with Gasteiger partial charge in [0.2, 0.25) is 0 Å². The SMILES string of the molecule is CC(C)C[C@@H](NC(=O)c1ccc(CN2C[C@@H](C)O[C@H](C)C2)cc1)C(=O)O. The summed E-state index contributed by atoms with van der Waals surface area (Å²) < 4.78 is 5.75. The van der Waals surface area contributed by atoms with E-state index in [0.717, 1.165) is 25.2 Å². The van der Waals surface area contributed by atoms with Crippen LogP contribution in [0.4, 0.5) is 0 Å². The quantitative estimate of drug-likeness (QED) is 0.779. The minimum atomic E-state index is -1.00. The molecule has 1 heterocycles. The van der Waals surface area contributed by atoms with E-state index in [4.69, 9.17) is 4.74 Å². The van der Waals surface area contributed by atoms with E-state index >= 15 is 0 Å². The summed E-state index contributed by atoms with van der Waals surface area (Å²) in [5.41, 5.74) is 1.60. The number of carboxylic acid groups (broad SMARTS) is 1. The first-order valence-corrected chi connectivity index (χ1v) is 9.25. The van der Waals surface area contributed by atoms with Crippen LogP contribution in [0, 0.1) is 5.92 Å². The third-order valence-corrected chi connectivity index (χ3v) is 4.43. The van der Waals surface area contributed by atoms with E-state index in [2.05, 4.69) is 24.1 Å². The molecular weight excluding hydrogens is 332 g/mol. The van der Waals surface area contributed by atoms with Crippen LogP contribution >= 0.6 is 0 Å². The number of nitrogens with one attached hydrogen (secondary N) is 1. The molecule has 2 rings (SSSR count). The van der Waals surface area contributed by atoms with Gasteiger partial charge in [-0.3, -0.25) is 9.69 Å². The van der Waals surface area contributed by atoms with E-state index in [1.165, 1.54) is 0 Å². The lowest BCUT2D eigenvalue weighted by atomic mass is 10.0. The van der Waals surface area contributed by atoms with E-state index in [-0.39, 0.29) is 24.0 Å². The molecule has 0 aliphatic carbocycles. The highest BCUT2D eigenvalue weighted by molar-refractivity contribution is 5.96. The minimum Gasteiger partial charge on any atom is -0.480 e. The summed E-state index contributed by atoms with van der Waals surface area (Å²) >= 11 is 0. The number of amides is 1. The first-order valence-electron chi connectivity index (χ1n) is 9.25. The number of benzene rings is 1. The highest BCUT2D eigenvalue weighted by Crippen LogP contribution is 2.15. The van der Waals surface area contributed by atoms with E-state index in [1.54, 1.807) is 12.1 Å². The predicted octanol–water partition coefficient (Wildman–Crippen LogP) is 2.52. The Morgan fingerprint density at radius 2 is 1.77 bits per heavy atom. The number of hydrogen-bond donors (Lipinski definition) is 2. The lowest BCUT2D eigenvalue weighted by molar-refractivity contribution is -0.139. The van der Waals surface area contributed by atoms with E-state index in [1.807, 2.05) is 26.0 Å². The molecule has 1 saturated heterocycles. The summed E-state index contributed by atoms with van der Waals surface area (Å²) in [6, 6.07) is 6.51. The van der Waals surface area contributed by atoms with Crippen molar-refractivity contribution in [2.75, 3.05) is 13.1 Å². The molecule has 0 saturated carbocycles. The Bertz CT molecular complexity index is 605. The average Bonchev–Trinajstić information content (AvgIpc) is 2.53. The fourth-order valence-electron chi connectivity index (χ4n) is 3.37. The zero-order valence-electron chi connectivity index (χ0n) is 16.1. The molecule has 1 aromatic rings. The Hall–Kier alpha value is -1.92. The molecular formula is C20H30N2O4. The van der Waals surface area contributed by atoms with Crippen LogP contribution in [0.25, 0.3) is 0 Å². The van der Waals surface area contributed by atoms with E-state index in [9.17, 15) is 14.7 Å². The smallest absolute Gasteiger partial charge is 0.326 e. The first-order chi connectivity index (χ1) is 12.2. The zero-order chi connectivity index (χ0) is 19.3. The maximum absolute atomic E-state index is 12.3. The molecule has 6 heteroatoms. The molecule has 26 heavy (non-hydrogen) atoms. The predicted molar refractivity (Wildman–Crippen MR) is 100 cm³/mol. The van der Waals surface area contributed by atoms with Gasteiger partial charge in [0.05, 0.1) is 12.2 Å². The van der Waals surface area contributed by atoms with Crippen LogP contribution in [0.2, 0.25) is 0 Å². The van der Waals surface area contributed by atoms with E-state index < -0.39 is 12.0 Å². The fourth-order valence-corrected chi connectivity index (χ4v) is 3.37. The Morgan fingerprint density at radius 3 is 2.27 bits per heavy atom. The van der Waals surface area contributed by atoms with Crippen molar-refractivity contribution >= 4 is 11.9 Å². The monoisotopic (exact) mass is 362 g/mol. The van der Waals surface area contributed by atoms with Gasteiger partial charge in [-0.15, -0.1) is 0 Å². The van der Waals surface area contributed by atoms with Crippen molar-refractivity contribution in [3.8, 4) is 0 Å². The van der Waals surface area contributed by atoms with Gasteiger partial charge in [-0.1, -0.05) is 26.0 Å². The van der Waals surface area contributed by atoms with Crippen molar-refractivity contribution in [1.82, 2.24) is 10.2 Å². The fraction of sp³-hybridized carbons (Fsp3) is 0.600. The molecule has 1 fully saturated rings. The number of ether oxygens (including phenoxy) is 1. The molecule has 1 aliphatic heterocycles. The standard InChI is InChI=1S/C20H30N2O4/c1-13(2)9-18(20(24)25)21-19(23)17-7-5-16(6-8-17)12-22-10-14(3)26-15(4)11-22/h5-8,13-15,18H,9-12H2,1-4H3,(H,21,23)(H,24,25)/t14-,15-,18-/m1/s1. The van der Waals surface area contributed by atoms with Crippen LogP contribution in [0.1, 0.15) is 50.0 Å². The van der Waals surface area contributed by atoms with Gasteiger partial charge in [0, 0.05) is 25.2 Å². The summed E-state index contributed by atoms with van der Waals surface area (Å²) in [7, 11) is 0. The highest BCUT2D eigenvalue weighted by Gasteiger charge is 2.23. The van der Waals surface area contributed by atoms with E-state index in [0.29, 0.717) is 12.0 Å². The third kappa shape index (κ3) is 6.11. The maximum atomic E-state index is 12.3. The Morgan fingerprint density at radius 1 is 1.19 bits per heavy atom. The molecule has 6 nitrogen and oxygen atoms in total. The number of carboxylic acids is 1. The molecule has 1 aromatic carbocycles. The first kappa shape index (κ1) is 20.4. The molecule has 0 radical (unpaired) electrons. The van der Waals surface area contributed by atoms with Crippen LogP contribution in [-0.4, -0.2) is 53.2 Å². The van der Waals surface area contributed by atoms with Crippen LogP contribution in [0.15, 0.2) is 24.3 Å². The number of aliphatic carboxylic acids is 1. The Balaban J connectivity index is 1.95. The largest absolute Gasteiger partial charge is 0.480 e.